The van der Waals surface area contributed by atoms with E-state index in [1.165, 1.54) is 36.2 Å². The first-order chi connectivity index (χ1) is 17.5. The topological polar surface area (TPSA) is 90.6 Å². The zero-order chi connectivity index (χ0) is 25.5. The van der Waals surface area contributed by atoms with Crippen molar-refractivity contribution >= 4 is 35.5 Å². The second kappa shape index (κ2) is 11.7. The Labute approximate surface area is 216 Å². The normalized spacial score (nSPS) is 11.0. The molecule has 1 amide bonds. The second-order valence-corrected chi connectivity index (χ2v) is 8.64. The largest absolute Gasteiger partial charge is 0.497 e. The molecule has 0 atom stereocenters. The minimum Gasteiger partial charge on any atom is -0.497 e. The molecule has 8 nitrogen and oxygen atoms in total. The number of hydrogen-bond acceptors (Lipinski definition) is 7. The van der Waals surface area contributed by atoms with Crippen LogP contribution in [0.4, 0.5) is 4.39 Å². The minimum atomic E-state index is -0.534. The Morgan fingerprint density at radius 1 is 1.06 bits per heavy atom. The first-order valence-corrected chi connectivity index (χ1v) is 12.0. The first-order valence-electron chi connectivity index (χ1n) is 10.6. The summed E-state index contributed by atoms with van der Waals surface area (Å²) in [5.74, 6) is 1.08. The summed E-state index contributed by atoms with van der Waals surface area (Å²) in [6, 6.07) is 19.1. The number of halogens is 2. The highest BCUT2D eigenvalue weighted by molar-refractivity contribution is 7.99. The Bertz CT molecular complexity index is 1360. The minimum absolute atomic E-state index is 0.000749. The van der Waals surface area contributed by atoms with Crippen LogP contribution in [0.15, 0.2) is 77.0 Å². The Hall–Kier alpha value is -3.89. The molecule has 1 heterocycles. The Morgan fingerprint density at radius 2 is 1.72 bits per heavy atom. The summed E-state index contributed by atoms with van der Waals surface area (Å²) in [5, 5.41) is 13.2. The summed E-state index contributed by atoms with van der Waals surface area (Å²) in [6.45, 7) is 0. The molecule has 4 rings (SSSR count). The van der Waals surface area contributed by atoms with Crippen LogP contribution < -0.4 is 14.9 Å². The fraction of sp³-hybridized carbons (Fsp3) is 0.120. The van der Waals surface area contributed by atoms with Crippen LogP contribution in [-0.4, -0.2) is 46.9 Å². The van der Waals surface area contributed by atoms with Gasteiger partial charge in [-0.2, -0.15) is 5.10 Å². The predicted octanol–water partition coefficient (Wildman–Crippen LogP) is 4.99. The molecule has 184 valence electrons. The number of methoxy groups -OCH3 is 2. The molecule has 3 aromatic carbocycles. The smallest absolute Gasteiger partial charge is 0.250 e. The summed E-state index contributed by atoms with van der Waals surface area (Å²) in [5.41, 5.74) is 4.09. The average molecular weight is 526 g/mol. The van der Waals surface area contributed by atoms with Gasteiger partial charge in [0.1, 0.15) is 17.3 Å². The number of hydrazone groups is 1. The molecule has 36 heavy (non-hydrogen) atoms. The third-order valence-corrected chi connectivity index (χ3v) is 6.29. The number of benzene rings is 3. The number of ether oxygens (including phenoxy) is 2. The molecule has 11 heteroatoms. The maximum absolute atomic E-state index is 13.9. The van der Waals surface area contributed by atoms with Crippen molar-refractivity contribution in [2.45, 2.75) is 5.16 Å². The van der Waals surface area contributed by atoms with Gasteiger partial charge in [-0.05, 0) is 60.7 Å². The van der Waals surface area contributed by atoms with Crippen molar-refractivity contribution in [3.63, 3.8) is 0 Å². The van der Waals surface area contributed by atoms with Crippen LogP contribution in [0.25, 0.3) is 17.1 Å². The van der Waals surface area contributed by atoms with Gasteiger partial charge in [0.2, 0.25) is 0 Å². The Kier molecular flexibility index (Phi) is 8.19. The molecule has 0 aliphatic carbocycles. The van der Waals surface area contributed by atoms with E-state index in [-0.39, 0.29) is 16.3 Å². The van der Waals surface area contributed by atoms with Crippen molar-refractivity contribution < 1.29 is 18.7 Å². The van der Waals surface area contributed by atoms with Gasteiger partial charge in [0, 0.05) is 16.8 Å². The molecule has 0 spiro atoms. The molecular formula is C25H21ClFN5O3S. The molecule has 0 bridgehead atoms. The van der Waals surface area contributed by atoms with Crippen LogP contribution in [0.5, 0.6) is 11.5 Å². The number of carbonyl (C=O) groups is 1. The lowest BCUT2D eigenvalue weighted by molar-refractivity contribution is -0.118. The van der Waals surface area contributed by atoms with Crippen LogP contribution in [0.1, 0.15) is 5.56 Å². The monoisotopic (exact) mass is 525 g/mol. The quantitative estimate of drug-likeness (QED) is 0.188. The molecule has 0 fully saturated rings. The van der Waals surface area contributed by atoms with Crippen LogP contribution in [0.2, 0.25) is 5.02 Å². The molecule has 4 aromatic rings. The van der Waals surface area contributed by atoms with E-state index in [1.807, 2.05) is 53.1 Å². The maximum atomic E-state index is 13.9. The van der Waals surface area contributed by atoms with Crippen LogP contribution in [-0.2, 0) is 4.79 Å². The number of hydrogen-bond donors (Lipinski definition) is 1. The number of nitrogens with zero attached hydrogens (tertiary/aromatic N) is 4. The van der Waals surface area contributed by atoms with Crippen LogP contribution in [0.3, 0.4) is 0 Å². The van der Waals surface area contributed by atoms with E-state index in [9.17, 15) is 9.18 Å². The molecule has 0 unspecified atom stereocenters. The van der Waals surface area contributed by atoms with Gasteiger partial charge in [0.15, 0.2) is 11.0 Å². The molecule has 1 aromatic heterocycles. The van der Waals surface area contributed by atoms with Gasteiger partial charge >= 0.3 is 0 Å². The maximum Gasteiger partial charge on any atom is 0.250 e. The van der Waals surface area contributed by atoms with E-state index in [1.54, 1.807) is 14.2 Å². The van der Waals surface area contributed by atoms with E-state index < -0.39 is 11.7 Å². The van der Waals surface area contributed by atoms with Gasteiger partial charge in [-0.1, -0.05) is 29.4 Å². The molecular weight excluding hydrogens is 505 g/mol. The van der Waals surface area contributed by atoms with Crippen molar-refractivity contribution in [3.05, 3.63) is 83.1 Å². The van der Waals surface area contributed by atoms with Gasteiger partial charge in [0.05, 0.1) is 31.2 Å². The summed E-state index contributed by atoms with van der Waals surface area (Å²) in [4.78, 5) is 12.4. The lowest BCUT2D eigenvalue weighted by Crippen LogP contribution is -2.20. The van der Waals surface area contributed by atoms with E-state index >= 15 is 0 Å². The number of carbonyl (C=O) groups excluding carboxylic acids is 1. The number of nitrogens with one attached hydrogen (secondary N) is 1. The zero-order valence-corrected chi connectivity index (χ0v) is 20.9. The number of aromatic nitrogens is 3. The summed E-state index contributed by atoms with van der Waals surface area (Å²) >= 11 is 7.15. The Morgan fingerprint density at radius 3 is 2.36 bits per heavy atom. The molecule has 1 N–H and O–H groups in total. The standard InChI is InChI=1S/C25H21ClFN5O3S/c1-34-18-10-6-16(7-11-18)24-30-31-25(32(24)17-8-12-19(35-2)13-9-17)36-15-23(33)29-28-14-20-21(26)4-3-5-22(20)27/h3-14H,15H2,1-2H3,(H,29,33). The van der Waals surface area contributed by atoms with E-state index in [4.69, 9.17) is 21.1 Å². The lowest BCUT2D eigenvalue weighted by Gasteiger charge is -2.11. The fourth-order valence-electron chi connectivity index (χ4n) is 3.22. The van der Waals surface area contributed by atoms with Gasteiger partial charge < -0.3 is 9.47 Å². The fourth-order valence-corrected chi connectivity index (χ4v) is 4.18. The van der Waals surface area contributed by atoms with E-state index in [2.05, 4.69) is 20.7 Å². The summed E-state index contributed by atoms with van der Waals surface area (Å²) < 4.78 is 26.2. The molecule has 0 saturated heterocycles. The van der Waals surface area contributed by atoms with Gasteiger partial charge in [0.25, 0.3) is 5.91 Å². The van der Waals surface area contributed by atoms with Crippen molar-refractivity contribution in [1.82, 2.24) is 20.2 Å². The number of thioether (sulfide) groups is 1. The molecule has 0 aliphatic heterocycles. The SMILES string of the molecule is COc1ccc(-c2nnc(SCC(=O)NN=Cc3c(F)cccc3Cl)n2-c2ccc(OC)cc2)cc1. The second-order valence-electron chi connectivity index (χ2n) is 7.29. The van der Waals surface area contributed by atoms with Gasteiger partial charge in [-0.25, -0.2) is 9.82 Å². The first kappa shape index (κ1) is 25.2. The highest BCUT2D eigenvalue weighted by Gasteiger charge is 2.17. The highest BCUT2D eigenvalue weighted by atomic mass is 35.5. The van der Waals surface area contributed by atoms with Crippen molar-refractivity contribution in [1.29, 1.82) is 0 Å². The Balaban J connectivity index is 1.54. The van der Waals surface area contributed by atoms with Gasteiger partial charge in [-0.3, -0.25) is 9.36 Å². The van der Waals surface area contributed by atoms with Gasteiger partial charge in [-0.15, -0.1) is 10.2 Å². The lowest BCUT2D eigenvalue weighted by atomic mass is 10.2. The zero-order valence-electron chi connectivity index (χ0n) is 19.3. The summed E-state index contributed by atoms with van der Waals surface area (Å²) in [7, 11) is 3.20. The van der Waals surface area contributed by atoms with Crippen molar-refractivity contribution in [3.8, 4) is 28.6 Å². The number of amides is 1. The van der Waals surface area contributed by atoms with Crippen molar-refractivity contribution in [2.24, 2.45) is 5.10 Å². The molecule has 0 saturated carbocycles. The molecule has 0 radical (unpaired) electrons. The summed E-state index contributed by atoms with van der Waals surface area (Å²) in [6.07, 6.45) is 1.17. The predicted molar refractivity (Wildman–Crippen MR) is 138 cm³/mol. The average Bonchev–Trinajstić information content (AvgIpc) is 3.33. The van der Waals surface area contributed by atoms with E-state index in [0.717, 1.165) is 17.0 Å². The number of rotatable bonds is 9. The third kappa shape index (κ3) is 5.84. The van der Waals surface area contributed by atoms with E-state index in [0.29, 0.717) is 16.7 Å². The van der Waals surface area contributed by atoms with Crippen molar-refractivity contribution in [2.75, 3.05) is 20.0 Å². The third-order valence-electron chi connectivity index (χ3n) is 5.03. The van der Waals surface area contributed by atoms with Crippen LogP contribution >= 0.6 is 23.4 Å². The molecule has 0 aliphatic rings. The van der Waals surface area contributed by atoms with Crippen LogP contribution in [0, 0.1) is 5.82 Å². The highest BCUT2D eigenvalue weighted by Crippen LogP contribution is 2.29.